The molecule has 24 heavy (non-hydrogen) atoms. The molecule has 3 rings (SSSR count). The van der Waals surface area contributed by atoms with Gasteiger partial charge >= 0.3 is 0 Å². The van der Waals surface area contributed by atoms with Gasteiger partial charge in [0.25, 0.3) is 5.91 Å². The number of benzene rings is 2. The van der Waals surface area contributed by atoms with Crippen LogP contribution in [0.4, 0.5) is 5.69 Å². The van der Waals surface area contributed by atoms with E-state index in [0.717, 1.165) is 39.0 Å². The fraction of sp³-hybridized carbons (Fsp3) is 0.200. The van der Waals surface area contributed by atoms with E-state index in [1.165, 1.54) is 0 Å². The Hall–Kier alpha value is -2.39. The quantitative estimate of drug-likeness (QED) is 0.682. The molecule has 1 heterocycles. The van der Waals surface area contributed by atoms with Gasteiger partial charge in [-0.1, -0.05) is 35.9 Å². The minimum absolute atomic E-state index is 0.135. The number of amides is 1. The lowest BCUT2D eigenvalue weighted by Crippen LogP contribution is -2.15. The summed E-state index contributed by atoms with van der Waals surface area (Å²) in [5.41, 5.74) is 6.00. The van der Waals surface area contributed by atoms with Gasteiger partial charge in [-0.25, -0.2) is 0 Å². The van der Waals surface area contributed by atoms with Gasteiger partial charge in [0.1, 0.15) is 0 Å². The number of aromatic nitrogens is 1. The Balaban J connectivity index is 2.12. The molecule has 0 fully saturated rings. The van der Waals surface area contributed by atoms with E-state index >= 15 is 0 Å². The lowest BCUT2D eigenvalue weighted by Gasteiger charge is -2.14. The van der Waals surface area contributed by atoms with E-state index in [1.54, 1.807) is 0 Å². The highest BCUT2D eigenvalue weighted by Gasteiger charge is 2.16. The Morgan fingerprint density at radius 3 is 2.38 bits per heavy atom. The molecule has 0 aliphatic heterocycles. The number of nitrogens with one attached hydrogen (secondary N) is 1. The number of hydrogen-bond acceptors (Lipinski definition) is 2. The van der Waals surface area contributed by atoms with Crippen LogP contribution >= 0.6 is 11.6 Å². The van der Waals surface area contributed by atoms with Crippen molar-refractivity contribution in [3.8, 4) is 0 Å². The summed E-state index contributed by atoms with van der Waals surface area (Å²) in [6, 6.07) is 11.4. The Labute approximate surface area is 146 Å². The van der Waals surface area contributed by atoms with Crippen LogP contribution in [0.25, 0.3) is 10.9 Å². The van der Waals surface area contributed by atoms with Crippen LogP contribution < -0.4 is 5.32 Å². The molecule has 0 atom stereocenters. The number of nitrogens with zero attached hydrogens (tertiary/aromatic N) is 1. The van der Waals surface area contributed by atoms with Gasteiger partial charge in [-0.05, 0) is 56.5 Å². The summed E-state index contributed by atoms with van der Waals surface area (Å²) in [6.45, 7) is 7.78. The predicted molar refractivity (Wildman–Crippen MR) is 100 cm³/mol. The van der Waals surface area contributed by atoms with Crippen molar-refractivity contribution in [1.29, 1.82) is 0 Å². The molecular formula is C20H19ClN2O. The monoisotopic (exact) mass is 338 g/mol. The second-order valence-electron chi connectivity index (χ2n) is 6.10. The molecule has 0 radical (unpaired) electrons. The number of aryl methyl sites for hydroxylation is 4. The van der Waals surface area contributed by atoms with Gasteiger partial charge < -0.3 is 5.32 Å². The molecule has 0 aliphatic carbocycles. The average Bonchev–Trinajstić information content (AvgIpc) is 2.54. The molecule has 1 N–H and O–H groups in total. The maximum absolute atomic E-state index is 12.9. The lowest BCUT2D eigenvalue weighted by atomic mass is 10.0. The van der Waals surface area contributed by atoms with E-state index in [9.17, 15) is 4.79 Å². The zero-order chi connectivity index (χ0) is 17.4. The fourth-order valence-electron chi connectivity index (χ4n) is 2.91. The highest BCUT2D eigenvalue weighted by molar-refractivity contribution is 6.32. The molecule has 122 valence electrons. The first-order valence-corrected chi connectivity index (χ1v) is 8.20. The normalized spacial score (nSPS) is 10.9. The summed E-state index contributed by atoms with van der Waals surface area (Å²) in [5, 5.41) is 4.51. The molecule has 0 saturated heterocycles. The molecule has 0 spiro atoms. The van der Waals surface area contributed by atoms with Crippen LogP contribution in [0.5, 0.6) is 0 Å². The van der Waals surface area contributed by atoms with Gasteiger partial charge in [0, 0.05) is 21.8 Å². The van der Waals surface area contributed by atoms with Crippen molar-refractivity contribution < 1.29 is 4.79 Å². The van der Waals surface area contributed by atoms with E-state index in [2.05, 4.69) is 10.3 Å². The van der Waals surface area contributed by atoms with E-state index in [1.807, 2.05) is 64.1 Å². The molecular weight excluding hydrogens is 320 g/mol. The first kappa shape index (κ1) is 16.5. The average molecular weight is 339 g/mol. The van der Waals surface area contributed by atoms with Crippen molar-refractivity contribution in [2.75, 3.05) is 5.32 Å². The first-order chi connectivity index (χ1) is 11.4. The number of pyridine rings is 1. The molecule has 2 aromatic carbocycles. The first-order valence-electron chi connectivity index (χ1n) is 7.82. The minimum Gasteiger partial charge on any atom is -0.321 e. The number of fused-ring (bicyclic) bond motifs is 1. The van der Waals surface area contributed by atoms with Crippen LogP contribution in [-0.4, -0.2) is 10.9 Å². The number of carbonyl (C=O) groups excluding carboxylic acids is 1. The van der Waals surface area contributed by atoms with E-state index < -0.39 is 0 Å². The molecule has 3 nitrogen and oxygen atoms in total. The van der Waals surface area contributed by atoms with Crippen LogP contribution in [0, 0.1) is 27.7 Å². The largest absolute Gasteiger partial charge is 0.321 e. The zero-order valence-electron chi connectivity index (χ0n) is 14.2. The summed E-state index contributed by atoms with van der Waals surface area (Å²) < 4.78 is 0. The van der Waals surface area contributed by atoms with E-state index in [-0.39, 0.29) is 5.91 Å². The van der Waals surface area contributed by atoms with Gasteiger partial charge in [0.15, 0.2) is 0 Å². The summed E-state index contributed by atoms with van der Waals surface area (Å²) in [6.07, 6.45) is 0. The standard InChI is InChI=1S/C20H19ClN2O/c1-11-6-5-7-12(2)18(11)23-20(24)16-10-13(3)22-19-14(4)17(21)9-8-15(16)19/h5-10H,1-4H3,(H,23,24). The van der Waals surface area contributed by atoms with Gasteiger partial charge in [-0.3, -0.25) is 9.78 Å². The minimum atomic E-state index is -0.135. The Kier molecular flexibility index (Phi) is 4.29. The van der Waals surface area contributed by atoms with Crippen LogP contribution in [0.1, 0.15) is 32.7 Å². The molecule has 3 aromatic rings. The number of para-hydroxylation sites is 1. The molecule has 4 heteroatoms. The highest BCUT2D eigenvalue weighted by atomic mass is 35.5. The van der Waals surface area contributed by atoms with Crippen LogP contribution in [-0.2, 0) is 0 Å². The third-order valence-corrected chi connectivity index (χ3v) is 4.67. The molecule has 1 amide bonds. The Morgan fingerprint density at radius 2 is 1.71 bits per heavy atom. The molecule has 0 unspecified atom stereocenters. The smallest absolute Gasteiger partial charge is 0.256 e. The predicted octanol–water partition coefficient (Wildman–Crippen LogP) is 5.37. The summed E-state index contributed by atoms with van der Waals surface area (Å²) >= 11 is 6.20. The molecule has 0 aliphatic rings. The van der Waals surface area contributed by atoms with E-state index in [0.29, 0.717) is 10.6 Å². The third-order valence-electron chi connectivity index (χ3n) is 4.26. The second kappa shape index (κ2) is 6.25. The number of rotatable bonds is 2. The Bertz CT molecular complexity index is 943. The fourth-order valence-corrected chi connectivity index (χ4v) is 3.07. The summed E-state index contributed by atoms with van der Waals surface area (Å²) in [7, 11) is 0. The van der Waals surface area contributed by atoms with Crippen LogP contribution in [0.2, 0.25) is 5.02 Å². The van der Waals surface area contributed by atoms with Crippen molar-refractivity contribution >= 4 is 34.1 Å². The van der Waals surface area contributed by atoms with Crippen molar-refractivity contribution in [1.82, 2.24) is 4.98 Å². The van der Waals surface area contributed by atoms with Crippen molar-refractivity contribution in [3.05, 3.63) is 69.4 Å². The summed E-state index contributed by atoms with van der Waals surface area (Å²) in [4.78, 5) is 17.5. The lowest BCUT2D eigenvalue weighted by molar-refractivity contribution is 0.102. The molecule has 1 aromatic heterocycles. The topological polar surface area (TPSA) is 42.0 Å². The second-order valence-corrected chi connectivity index (χ2v) is 6.51. The van der Waals surface area contributed by atoms with Gasteiger partial charge in [-0.15, -0.1) is 0 Å². The number of hydrogen-bond donors (Lipinski definition) is 1. The SMILES string of the molecule is Cc1cc(C(=O)Nc2c(C)cccc2C)c2ccc(Cl)c(C)c2n1. The van der Waals surface area contributed by atoms with Crippen LogP contribution in [0.3, 0.4) is 0 Å². The van der Waals surface area contributed by atoms with Crippen molar-refractivity contribution in [2.24, 2.45) is 0 Å². The number of carbonyl (C=O) groups is 1. The van der Waals surface area contributed by atoms with Crippen molar-refractivity contribution in [3.63, 3.8) is 0 Å². The third kappa shape index (κ3) is 2.87. The van der Waals surface area contributed by atoms with Gasteiger partial charge in [-0.2, -0.15) is 0 Å². The number of halogens is 1. The van der Waals surface area contributed by atoms with Crippen molar-refractivity contribution in [2.45, 2.75) is 27.7 Å². The Morgan fingerprint density at radius 1 is 1.04 bits per heavy atom. The maximum Gasteiger partial charge on any atom is 0.256 e. The molecule has 0 bridgehead atoms. The zero-order valence-corrected chi connectivity index (χ0v) is 15.0. The summed E-state index contributed by atoms with van der Waals surface area (Å²) in [5.74, 6) is -0.135. The van der Waals surface area contributed by atoms with Gasteiger partial charge in [0.2, 0.25) is 0 Å². The van der Waals surface area contributed by atoms with E-state index in [4.69, 9.17) is 11.6 Å². The van der Waals surface area contributed by atoms with Crippen LogP contribution in [0.15, 0.2) is 36.4 Å². The van der Waals surface area contributed by atoms with Gasteiger partial charge in [0.05, 0.1) is 11.1 Å². The number of anilines is 1. The maximum atomic E-state index is 12.9. The molecule has 0 saturated carbocycles. The highest BCUT2D eigenvalue weighted by Crippen LogP contribution is 2.28.